The second-order valence-corrected chi connectivity index (χ2v) is 8.85. The standard InChI is InChI=1S/C22H24ClF3N4S/c1-2-3-4-5-6-7-8-15-9-10-16(13-17(15)22(24,25)26)29-21-30-19(20(23)31-21)18-14-27-11-12-28-18/h9-14H,2-8H2,1H3,(H,29,30). The van der Waals surface area contributed by atoms with Gasteiger partial charge in [-0.15, -0.1) is 0 Å². The molecule has 31 heavy (non-hydrogen) atoms. The Balaban J connectivity index is 1.72. The predicted molar refractivity (Wildman–Crippen MR) is 120 cm³/mol. The number of nitrogens with one attached hydrogen (secondary N) is 1. The molecule has 0 aliphatic carbocycles. The Morgan fingerprint density at radius 1 is 1.06 bits per heavy atom. The molecule has 0 atom stereocenters. The van der Waals surface area contributed by atoms with Crippen molar-refractivity contribution in [1.82, 2.24) is 15.0 Å². The number of aromatic nitrogens is 3. The van der Waals surface area contributed by atoms with Gasteiger partial charge >= 0.3 is 6.18 Å². The lowest BCUT2D eigenvalue weighted by Gasteiger charge is -2.15. The van der Waals surface area contributed by atoms with Crippen LogP contribution >= 0.6 is 22.9 Å². The van der Waals surface area contributed by atoms with Gasteiger partial charge in [-0.05, 0) is 30.5 Å². The summed E-state index contributed by atoms with van der Waals surface area (Å²) in [5, 5.41) is 3.33. The first-order valence-electron chi connectivity index (χ1n) is 10.3. The van der Waals surface area contributed by atoms with Gasteiger partial charge in [-0.1, -0.05) is 68.0 Å². The Hall–Kier alpha value is -2.19. The van der Waals surface area contributed by atoms with E-state index in [2.05, 4.69) is 27.2 Å². The van der Waals surface area contributed by atoms with Gasteiger partial charge in [-0.25, -0.2) is 4.98 Å². The van der Waals surface area contributed by atoms with Crippen molar-refractivity contribution in [3.8, 4) is 11.4 Å². The summed E-state index contributed by atoms with van der Waals surface area (Å²) in [6.45, 7) is 2.14. The number of alkyl halides is 3. The van der Waals surface area contributed by atoms with Gasteiger partial charge in [-0.2, -0.15) is 13.2 Å². The Labute approximate surface area is 188 Å². The molecule has 0 bridgehead atoms. The predicted octanol–water partition coefficient (Wildman–Crippen LogP) is 7.92. The minimum Gasteiger partial charge on any atom is -0.331 e. The largest absolute Gasteiger partial charge is 0.416 e. The highest BCUT2D eigenvalue weighted by Gasteiger charge is 2.33. The molecule has 166 valence electrons. The maximum absolute atomic E-state index is 13.7. The fourth-order valence-corrected chi connectivity index (χ4v) is 4.37. The Bertz CT molecular complexity index is 977. The number of hydrogen-bond acceptors (Lipinski definition) is 5. The number of halogens is 4. The number of nitrogens with zero attached hydrogens (tertiary/aromatic N) is 3. The van der Waals surface area contributed by atoms with Gasteiger partial charge < -0.3 is 5.32 Å². The molecule has 0 saturated carbocycles. The second kappa shape index (κ2) is 10.9. The van der Waals surface area contributed by atoms with E-state index in [1.54, 1.807) is 12.1 Å². The van der Waals surface area contributed by atoms with E-state index in [4.69, 9.17) is 11.6 Å². The molecule has 0 unspecified atom stereocenters. The van der Waals surface area contributed by atoms with Crippen molar-refractivity contribution in [2.24, 2.45) is 0 Å². The minimum absolute atomic E-state index is 0.315. The highest BCUT2D eigenvalue weighted by Crippen LogP contribution is 2.38. The lowest BCUT2D eigenvalue weighted by Crippen LogP contribution is -2.10. The summed E-state index contributed by atoms with van der Waals surface area (Å²) in [6.07, 6.45) is 6.82. The van der Waals surface area contributed by atoms with Gasteiger partial charge in [0.05, 0.1) is 11.8 Å². The molecule has 3 aromatic rings. The Morgan fingerprint density at radius 2 is 1.84 bits per heavy atom. The van der Waals surface area contributed by atoms with Crippen LogP contribution in [0.5, 0.6) is 0 Å². The lowest BCUT2D eigenvalue weighted by atomic mass is 9.99. The molecule has 0 fully saturated rings. The van der Waals surface area contributed by atoms with Gasteiger partial charge in [0.25, 0.3) is 0 Å². The van der Waals surface area contributed by atoms with Crippen LogP contribution in [0.15, 0.2) is 36.8 Å². The summed E-state index contributed by atoms with van der Waals surface area (Å²) in [7, 11) is 0. The highest BCUT2D eigenvalue weighted by atomic mass is 35.5. The first kappa shape index (κ1) is 23.5. The number of hydrogen-bond donors (Lipinski definition) is 1. The summed E-state index contributed by atoms with van der Waals surface area (Å²) in [6, 6.07) is 4.35. The van der Waals surface area contributed by atoms with Crippen LogP contribution in [0.3, 0.4) is 0 Å². The molecule has 0 amide bonds. The van der Waals surface area contributed by atoms with Crippen LogP contribution in [0.1, 0.15) is 56.6 Å². The van der Waals surface area contributed by atoms with Crippen LogP contribution in [0.25, 0.3) is 11.4 Å². The van der Waals surface area contributed by atoms with Crippen LogP contribution in [-0.2, 0) is 12.6 Å². The van der Waals surface area contributed by atoms with E-state index in [-0.39, 0.29) is 0 Å². The second-order valence-electron chi connectivity index (χ2n) is 7.24. The molecule has 2 heterocycles. The van der Waals surface area contributed by atoms with Crippen LogP contribution in [0.4, 0.5) is 24.0 Å². The van der Waals surface area contributed by atoms with Crippen molar-refractivity contribution < 1.29 is 13.2 Å². The fourth-order valence-electron chi connectivity index (χ4n) is 3.29. The Morgan fingerprint density at radius 3 is 2.55 bits per heavy atom. The third kappa shape index (κ3) is 6.64. The lowest BCUT2D eigenvalue weighted by molar-refractivity contribution is -0.138. The molecular formula is C22H24ClF3N4S. The van der Waals surface area contributed by atoms with Crippen molar-refractivity contribution in [3.05, 3.63) is 52.3 Å². The molecule has 0 aliphatic heterocycles. The SMILES string of the molecule is CCCCCCCCc1ccc(Nc2nc(-c3cnccn3)c(Cl)s2)cc1C(F)(F)F. The summed E-state index contributed by atoms with van der Waals surface area (Å²) < 4.78 is 41.4. The third-order valence-electron chi connectivity index (χ3n) is 4.86. The van der Waals surface area contributed by atoms with Crippen molar-refractivity contribution in [2.75, 3.05) is 5.32 Å². The third-order valence-corrected chi connectivity index (χ3v) is 6.03. The van der Waals surface area contributed by atoms with Crippen LogP contribution < -0.4 is 5.32 Å². The summed E-state index contributed by atoms with van der Waals surface area (Å²) in [5.41, 5.74) is 0.976. The average molecular weight is 469 g/mol. The topological polar surface area (TPSA) is 50.7 Å². The smallest absolute Gasteiger partial charge is 0.331 e. The number of unbranched alkanes of at least 4 members (excludes halogenated alkanes) is 5. The first-order valence-corrected chi connectivity index (χ1v) is 11.5. The van der Waals surface area contributed by atoms with E-state index in [0.717, 1.165) is 49.5 Å². The molecule has 0 aliphatic rings. The van der Waals surface area contributed by atoms with E-state index in [1.807, 2.05) is 0 Å². The normalized spacial score (nSPS) is 11.6. The zero-order chi connectivity index (χ0) is 22.3. The van der Waals surface area contributed by atoms with E-state index in [1.165, 1.54) is 25.0 Å². The van der Waals surface area contributed by atoms with Crippen LogP contribution in [0.2, 0.25) is 4.34 Å². The number of benzene rings is 1. The number of aryl methyl sites for hydroxylation is 1. The number of anilines is 2. The van der Waals surface area contributed by atoms with Crippen molar-refractivity contribution in [2.45, 2.75) is 58.0 Å². The summed E-state index contributed by atoms with van der Waals surface area (Å²) in [5.74, 6) is 0. The van der Waals surface area contributed by atoms with E-state index >= 15 is 0 Å². The van der Waals surface area contributed by atoms with Crippen molar-refractivity contribution >= 4 is 33.8 Å². The van der Waals surface area contributed by atoms with E-state index in [0.29, 0.717) is 38.5 Å². The van der Waals surface area contributed by atoms with Gasteiger partial charge in [0, 0.05) is 18.1 Å². The molecule has 0 spiro atoms. The van der Waals surface area contributed by atoms with Crippen molar-refractivity contribution in [1.29, 1.82) is 0 Å². The molecule has 9 heteroatoms. The molecule has 1 N–H and O–H groups in total. The molecule has 4 nitrogen and oxygen atoms in total. The molecule has 1 aromatic carbocycles. The Kier molecular flexibility index (Phi) is 8.26. The minimum atomic E-state index is -4.42. The zero-order valence-corrected chi connectivity index (χ0v) is 18.7. The maximum Gasteiger partial charge on any atom is 0.416 e. The monoisotopic (exact) mass is 468 g/mol. The van der Waals surface area contributed by atoms with Gasteiger partial charge in [0.15, 0.2) is 5.13 Å². The molecule has 3 rings (SSSR count). The first-order chi connectivity index (χ1) is 14.9. The fraction of sp³-hybridized carbons (Fsp3) is 0.409. The summed E-state index contributed by atoms with van der Waals surface area (Å²) in [4.78, 5) is 12.5. The summed E-state index contributed by atoms with van der Waals surface area (Å²) >= 11 is 7.38. The quantitative estimate of drug-likeness (QED) is 0.307. The number of rotatable bonds is 10. The van der Waals surface area contributed by atoms with E-state index < -0.39 is 11.7 Å². The molecule has 0 saturated heterocycles. The maximum atomic E-state index is 13.7. The van der Waals surface area contributed by atoms with Crippen molar-refractivity contribution in [3.63, 3.8) is 0 Å². The van der Waals surface area contributed by atoms with Gasteiger partial charge in [-0.3, -0.25) is 9.97 Å². The molecular weight excluding hydrogens is 445 g/mol. The highest BCUT2D eigenvalue weighted by molar-refractivity contribution is 7.20. The number of thiazole rings is 1. The average Bonchev–Trinajstić information content (AvgIpc) is 3.11. The molecule has 2 aromatic heterocycles. The van der Waals surface area contributed by atoms with Gasteiger partial charge in [0.2, 0.25) is 0 Å². The molecule has 0 radical (unpaired) electrons. The van der Waals surface area contributed by atoms with E-state index in [9.17, 15) is 13.2 Å². The zero-order valence-electron chi connectivity index (χ0n) is 17.2. The van der Waals surface area contributed by atoms with Crippen LogP contribution in [0, 0.1) is 0 Å². The van der Waals surface area contributed by atoms with Crippen LogP contribution in [-0.4, -0.2) is 15.0 Å². The van der Waals surface area contributed by atoms with Gasteiger partial charge in [0.1, 0.15) is 15.7 Å².